The smallest absolute Gasteiger partial charge is 0.469 e. The van der Waals surface area contributed by atoms with Crippen LogP contribution in [0.3, 0.4) is 0 Å². The van der Waals surface area contributed by atoms with Crippen LogP contribution in [-0.2, 0) is 9.53 Å². The molecule has 0 atom stereocenters. The lowest BCUT2D eigenvalue weighted by Gasteiger charge is -2.07. The van der Waals surface area contributed by atoms with Crippen molar-refractivity contribution in [2.24, 2.45) is 0 Å². The standard InChI is InChI=1S/C5H7N3O8/c1-16-4(9)2-3-5(6(10)11,7(12)13)8(14)15/h2-3H2,1H3. The molecule has 90 valence electrons. The maximum Gasteiger partial charge on any atom is 0.700 e. The van der Waals surface area contributed by atoms with Crippen LogP contribution >= 0.6 is 0 Å². The monoisotopic (exact) mass is 237 g/mol. The summed E-state index contributed by atoms with van der Waals surface area (Å²) in [7, 11) is 0.953. The van der Waals surface area contributed by atoms with Crippen LogP contribution in [0.25, 0.3) is 0 Å². The quantitative estimate of drug-likeness (QED) is 0.257. The first kappa shape index (κ1) is 13.7. The second-order valence-corrected chi connectivity index (χ2v) is 2.62. The molecule has 0 aromatic rings. The number of hydrogen-bond acceptors (Lipinski definition) is 8. The summed E-state index contributed by atoms with van der Waals surface area (Å²) in [4.78, 5) is 36.8. The predicted molar refractivity (Wildman–Crippen MR) is 45.0 cm³/mol. The van der Waals surface area contributed by atoms with Crippen molar-refractivity contribution < 1.29 is 24.3 Å². The summed E-state index contributed by atoms with van der Waals surface area (Å²) in [6.07, 6.45) is -1.97. The van der Waals surface area contributed by atoms with Crippen molar-refractivity contribution in [1.82, 2.24) is 0 Å². The first-order valence-electron chi connectivity index (χ1n) is 3.79. The van der Waals surface area contributed by atoms with Crippen LogP contribution < -0.4 is 0 Å². The minimum absolute atomic E-state index is 0.792. The lowest BCUT2D eigenvalue weighted by molar-refractivity contribution is -0.970. The van der Waals surface area contributed by atoms with Crippen LogP contribution in [0.2, 0.25) is 0 Å². The van der Waals surface area contributed by atoms with Gasteiger partial charge in [0, 0.05) is 0 Å². The van der Waals surface area contributed by atoms with Gasteiger partial charge in [-0.2, -0.15) is 0 Å². The van der Waals surface area contributed by atoms with Crippen molar-refractivity contribution in [3.8, 4) is 0 Å². The SMILES string of the molecule is COC(=O)CCC([N+](=O)[O-])([N+](=O)[O-])[N+](=O)[O-]. The summed E-state index contributed by atoms with van der Waals surface area (Å²) in [5, 5.41) is 31.1. The Kier molecular flexibility index (Phi) is 4.23. The Labute approximate surface area is 87.4 Å². The van der Waals surface area contributed by atoms with Gasteiger partial charge in [0.25, 0.3) is 0 Å². The van der Waals surface area contributed by atoms with Crippen LogP contribution in [0.5, 0.6) is 0 Å². The number of ether oxygens (including phenoxy) is 1. The molecule has 16 heavy (non-hydrogen) atoms. The van der Waals surface area contributed by atoms with Crippen LogP contribution in [0.1, 0.15) is 12.8 Å². The van der Waals surface area contributed by atoms with Gasteiger partial charge in [-0.15, -0.1) is 0 Å². The zero-order valence-corrected chi connectivity index (χ0v) is 8.02. The maximum atomic E-state index is 10.6. The fraction of sp³-hybridized carbons (Fsp3) is 0.800. The van der Waals surface area contributed by atoms with Crippen molar-refractivity contribution in [1.29, 1.82) is 0 Å². The molecule has 11 heteroatoms. The molecule has 0 saturated heterocycles. The number of methoxy groups -OCH3 is 1. The van der Waals surface area contributed by atoms with Gasteiger partial charge in [-0.1, -0.05) is 0 Å². The Morgan fingerprint density at radius 1 is 1.12 bits per heavy atom. The van der Waals surface area contributed by atoms with Crippen LogP contribution in [0.15, 0.2) is 0 Å². The van der Waals surface area contributed by atoms with E-state index < -0.39 is 39.4 Å². The minimum Gasteiger partial charge on any atom is -0.469 e. The van der Waals surface area contributed by atoms with Crippen LogP contribution in [0, 0.1) is 30.3 Å². The Bertz CT molecular complexity index is 303. The molecular weight excluding hydrogens is 230 g/mol. The van der Waals surface area contributed by atoms with Crippen molar-refractivity contribution >= 4 is 5.97 Å². The summed E-state index contributed by atoms with van der Waals surface area (Å²) < 4.78 is 4.08. The second kappa shape index (κ2) is 4.95. The molecule has 0 amide bonds. The molecule has 0 aromatic carbocycles. The minimum atomic E-state index is -3.60. The Balaban J connectivity index is 5.07. The van der Waals surface area contributed by atoms with Gasteiger partial charge in [0.2, 0.25) is 0 Å². The summed E-state index contributed by atoms with van der Waals surface area (Å²) in [5.41, 5.74) is 0. The van der Waals surface area contributed by atoms with E-state index in [1.54, 1.807) is 0 Å². The normalized spacial score (nSPS) is 10.6. The molecule has 0 fully saturated rings. The van der Waals surface area contributed by atoms with E-state index in [0.29, 0.717) is 0 Å². The molecule has 0 aliphatic carbocycles. The van der Waals surface area contributed by atoms with Gasteiger partial charge in [0.05, 0.1) is 13.5 Å². The van der Waals surface area contributed by atoms with Gasteiger partial charge >= 0.3 is 11.8 Å². The number of hydrogen-bond donors (Lipinski definition) is 0. The Hall–Kier alpha value is -2.33. The third kappa shape index (κ3) is 2.37. The number of nitrogens with zero attached hydrogens (tertiary/aromatic N) is 3. The van der Waals surface area contributed by atoms with Crippen LogP contribution in [-0.4, -0.2) is 33.6 Å². The van der Waals surface area contributed by atoms with Gasteiger partial charge in [-0.25, -0.2) is 0 Å². The van der Waals surface area contributed by atoms with Crippen LogP contribution in [0.4, 0.5) is 0 Å². The largest absolute Gasteiger partial charge is 0.700 e. The first-order chi connectivity index (χ1) is 7.28. The van der Waals surface area contributed by atoms with Gasteiger partial charge < -0.3 is 4.74 Å². The number of nitro groups is 3. The highest BCUT2D eigenvalue weighted by Crippen LogP contribution is 2.19. The zero-order chi connectivity index (χ0) is 12.9. The number of carbonyl (C=O) groups is 1. The molecule has 0 N–H and O–H groups in total. The summed E-state index contributed by atoms with van der Waals surface area (Å²) in [6, 6.07) is 0. The number of rotatable bonds is 6. The average Bonchev–Trinajstić information content (AvgIpc) is 2.16. The third-order valence-corrected chi connectivity index (χ3v) is 1.77. The molecule has 0 spiro atoms. The maximum absolute atomic E-state index is 10.6. The molecule has 0 aliphatic rings. The van der Waals surface area contributed by atoms with E-state index in [0.717, 1.165) is 7.11 Å². The second-order valence-electron chi connectivity index (χ2n) is 2.62. The van der Waals surface area contributed by atoms with Crippen molar-refractivity contribution in [2.45, 2.75) is 18.6 Å². The number of esters is 1. The number of carbonyl (C=O) groups excluding carboxylic acids is 1. The van der Waals surface area contributed by atoms with E-state index in [-0.39, 0.29) is 0 Å². The molecule has 0 unspecified atom stereocenters. The fourth-order valence-corrected chi connectivity index (χ4v) is 0.846. The highest BCUT2D eigenvalue weighted by atomic mass is 16.7. The Morgan fingerprint density at radius 2 is 1.50 bits per heavy atom. The lowest BCUT2D eigenvalue weighted by Crippen LogP contribution is -2.53. The van der Waals surface area contributed by atoms with E-state index in [1.165, 1.54) is 0 Å². The first-order valence-corrected chi connectivity index (χ1v) is 3.79. The van der Waals surface area contributed by atoms with Gasteiger partial charge in [-0.3, -0.25) is 35.1 Å². The highest BCUT2D eigenvalue weighted by molar-refractivity contribution is 5.69. The lowest BCUT2D eigenvalue weighted by atomic mass is 10.2. The van der Waals surface area contributed by atoms with E-state index in [2.05, 4.69) is 4.74 Å². The summed E-state index contributed by atoms with van der Waals surface area (Å²) in [5.74, 6) is -4.61. The molecule has 0 radical (unpaired) electrons. The Morgan fingerprint density at radius 3 is 1.75 bits per heavy atom. The summed E-state index contributed by atoms with van der Waals surface area (Å²) >= 11 is 0. The third-order valence-electron chi connectivity index (χ3n) is 1.77. The average molecular weight is 237 g/mol. The van der Waals surface area contributed by atoms with Crippen molar-refractivity contribution in [2.75, 3.05) is 7.11 Å². The molecular formula is C5H7N3O8. The molecule has 0 bridgehead atoms. The van der Waals surface area contributed by atoms with E-state index in [4.69, 9.17) is 0 Å². The highest BCUT2D eigenvalue weighted by Gasteiger charge is 2.69. The van der Waals surface area contributed by atoms with Gasteiger partial charge in [0.15, 0.2) is 21.2 Å². The fourth-order valence-electron chi connectivity index (χ4n) is 0.846. The van der Waals surface area contributed by atoms with E-state index >= 15 is 0 Å². The molecule has 0 rings (SSSR count). The van der Waals surface area contributed by atoms with Crippen molar-refractivity contribution in [3.05, 3.63) is 30.3 Å². The predicted octanol–water partition coefficient (Wildman–Crippen LogP) is -0.577. The van der Waals surface area contributed by atoms with E-state index in [1.807, 2.05) is 0 Å². The zero-order valence-electron chi connectivity index (χ0n) is 8.02. The van der Waals surface area contributed by atoms with Gasteiger partial charge in [0.1, 0.15) is 0 Å². The topological polar surface area (TPSA) is 156 Å². The molecule has 0 aromatic heterocycles. The molecule has 0 aliphatic heterocycles. The molecule has 0 heterocycles. The molecule has 0 saturated carbocycles. The van der Waals surface area contributed by atoms with Crippen molar-refractivity contribution in [3.63, 3.8) is 0 Å². The molecule has 11 nitrogen and oxygen atoms in total. The van der Waals surface area contributed by atoms with Gasteiger partial charge in [-0.05, 0) is 0 Å². The van der Waals surface area contributed by atoms with E-state index in [9.17, 15) is 35.1 Å². The summed E-state index contributed by atoms with van der Waals surface area (Å²) in [6.45, 7) is 0.